The van der Waals surface area contributed by atoms with Crippen molar-refractivity contribution in [3.8, 4) is 0 Å². The van der Waals surface area contributed by atoms with E-state index >= 15 is 0 Å². The van der Waals surface area contributed by atoms with Gasteiger partial charge in [-0.05, 0) is 35.2 Å². The second kappa shape index (κ2) is 7.92. The SMILES string of the molecule is c1ccc(CP(Cc2ccccc2)Cc2ccccc2)cc1. The number of hydrogen-bond donors (Lipinski definition) is 0. The molecular weight excluding hydrogens is 283 g/mol. The lowest BCUT2D eigenvalue weighted by Crippen LogP contribution is -1.93. The van der Waals surface area contributed by atoms with E-state index in [0.29, 0.717) is 0 Å². The second-order valence-corrected chi connectivity index (χ2v) is 7.89. The van der Waals surface area contributed by atoms with Crippen molar-refractivity contribution in [1.29, 1.82) is 0 Å². The summed E-state index contributed by atoms with van der Waals surface area (Å²) in [6, 6.07) is 32.7. The molecule has 0 bridgehead atoms. The third kappa shape index (κ3) is 4.55. The van der Waals surface area contributed by atoms with E-state index in [4.69, 9.17) is 0 Å². The molecule has 0 radical (unpaired) electrons. The maximum absolute atomic E-state index is 2.26. The van der Waals surface area contributed by atoms with Crippen LogP contribution in [0.1, 0.15) is 16.7 Å². The summed E-state index contributed by atoms with van der Waals surface area (Å²) < 4.78 is 0. The van der Waals surface area contributed by atoms with Crippen molar-refractivity contribution in [2.75, 3.05) is 0 Å². The van der Waals surface area contributed by atoms with Crippen LogP contribution < -0.4 is 0 Å². The van der Waals surface area contributed by atoms with Gasteiger partial charge in [0.2, 0.25) is 0 Å². The highest BCUT2D eigenvalue weighted by Crippen LogP contribution is 2.46. The first-order valence-corrected chi connectivity index (χ1v) is 9.64. The minimum Gasteiger partial charge on any atom is -0.0932 e. The average molecular weight is 304 g/mol. The molecule has 3 aromatic carbocycles. The number of benzene rings is 3. The Kier molecular flexibility index (Phi) is 5.40. The van der Waals surface area contributed by atoms with Gasteiger partial charge in [-0.25, -0.2) is 0 Å². The molecule has 0 spiro atoms. The Morgan fingerprint density at radius 1 is 0.409 bits per heavy atom. The van der Waals surface area contributed by atoms with Crippen LogP contribution in [0.4, 0.5) is 0 Å². The summed E-state index contributed by atoms with van der Waals surface area (Å²) in [5.41, 5.74) is 4.38. The van der Waals surface area contributed by atoms with Crippen molar-refractivity contribution in [3.05, 3.63) is 108 Å². The molecule has 3 rings (SSSR count). The van der Waals surface area contributed by atoms with Gasteiger partial charge in [0.05, 0.1) is 0 Å². The largest absolute Gasteiger partial charge is 0.0932 e. The summed E-state index contributed by atoms with van der Waals surface area (Å²) in [5, 5.41) is 0. The van der Waals surface area contributed by atoms with Crippen molar-refractivity contribution < 1.29 is 0 Å². The molecule has 0 saturated heterocycles. The van der Waals surface area contributed by atoms with Gasteiger partial charge in [-0.1, -0.05) is 98.9 Å². The standard InChI is InChI=1S/C21H21P/c1-4-10-19(11-5-1)16-22(17-20-12-6-2-7-13-20)18-21-14-8-3-9-15-21/h1-15H,16-18H2. The first-order valence-electron chi connectivity index (χ1n) is 7.74. The Morgan fingerprint density at radius 2 is 0.682 bits per heavy atom. The van der Waals surface area contributed by atoms with Crippen LogP contribution in [-0.2, 0) is 18.5 Å². The maximum atomic E-state index is 2.26. The highest BCUT2D eigenvalue weighted by molar-refractivity contribution is 7.55. The van der Waals surface area contributed by atoms with E-state index in [1.54, 1.807) is 0 Å². The fourth-order valence-electron chi connectivity index (χ4n) is 2.69. The lowest BCUT2D eigenvalue weighted by Gasteiger charge is -2.18. The monoisotopic (exact) mass is 304 g/mol. The van der Waals surface area contributed by atoms with Crippen molar-refractivity contribution >= 4 is 7.92 Å². The molecule has 0 amide bonds. The average Bonchev–Trinajstić information content (AvgIpc) is 2.57. The molecule has 1 heteroatoms. The molecule has 0 aliphatic carbocycles. The van der Waals surface area contributed by atoms with Crippen molar-refractivity contribution in [3.63, 3.8) is 0 Å². The van der Waals surface area contributed by atoms with Crippen LogP contribution >= 0.6 is 7.92 Å². The predicted molar refractivity (Wildman–Crippen MR) is 97.4 cm³/mol. The van der Waals surface area contributed by atoms with Gasteiger partial charge in [-0.3, -0.25) is 0 Å². The third-order valence-corrected chi connectivity index (χ3v) is 6.18. The molecule has 0 aromatic heterocycles. The fraction of sp³-hybridized carbons (Fsp3) is 0.143. The van der Waals surface area contributed by atoms with Crippen LogP contribution in [0.15, 0.2) is 91.0 Å². The Labute approximate surface area is 134 Å². The zero-order valence-electron chi connectivity index (χ0n) is 12.7. The van der Waals surface area contributed by atoms with Crippen LogP contribution in [-0.4, -0.2) is 0 Å². The van der Waals surface area contributed by atoms with E-state index in [-0.39, 0.29) is 7.92 Å². The van der Waals surface area contributed by atoms with E-state index < -0.39 is 0 Å². The molecule has 22 heavy (non-hydrogen) atoms. The first-order chi connectivity index (χ1) is 10.9. The van der Waals surface area contributed by atoms with E-state index in [1.165, 1.54) is 35.2 Å². The summed E-state index contributed by atoms with van der Waals surface area (Å²) in [6.07, 6.45) is 3.58. The zero-order chi connectivity index (χ0) is 15.0. The molecule has 0 aliphatic heterocycles. The minimum atomic E-state index is -0.0895. The number of hydrogen-bond acceptors (Lipinski definition) is 0. The van der Waals surface area contributed by atoms with Gasteiger partial charge in [0, 0.05) is 0 Å². The predicted octanol–water partition coefficient (Wildman–Crippen LogP) is 6.07. The molecule has 0 N–H and O–H groups in total. The summed E-state index contributed by atoms with van der Waals surface area (Å²) in [4.78, 5) is 0. The second-order valence-electron chi connectivity index (χ2n) is 5.60. The molecule has 0 unspecified atom stereocenters. The van der Waals surface area contributed by atoms with Gasteiger partial charge in [0.1, 0.15) is 0 Å². The maximum Gasteiger partial charge on any atom is -0.00671 e. The van der Waals surface area contributed by atoms with Gasteiger partial charge in [0.25, 0.3) is 0 Å². The third-order valence-electron chi connectivity index (χ3n) is 3.75. The molecule has 0 nitrogen and oxygen atoms in total. The van der Waals surface area contributed by atoms with Gasteiger partial charge in [-0.2, -0.15) is 0 Å². The Balaban J connectivity index is 1.75. The molecule has 0 fully saturated rings. The molecule has 0 atom stereocenters. The van der Waals surface area contributed by atoms with Crippen molar-refractivity contribution in [2.24, 2.45) is 0 Å². The van der Waals surface area contributed by atoms with E-state index in [1.807, 2.05) is 0 Å². The molecule has 0 saturated carbocycles. The first kappa shape index (κ1) is 15.0. The number of rotatable bonds is 6. The molecule has 0 aliphatic rings. The Hall–Kier alpha value is -1.91. The van der Waals surface area contributed by atoms with Gasteiger partial charge in [-0.15, -0.1) is 0 Å². The lowest BCUT2D eigenvalue weighted by molar-refractivity contribution is 1.26. The molecular formula is C21H21P. The zero-order valence-corrected chi connectivity index (χ0v) is 13.6. The quantitative estimate of drug-likeness (QED) is 0.485. The Bertz CT molecular complexity index is 563. The highest BCUT2D eigenvalue weighted by Gasteiger charge is 2.11. The summed E-state index contributed by atoms with van der Waals surface area (Å²) in [5.74, 6) is 0. The highest BCUT2D eigenvalue weighted by atomic mass is 31.1. The normalized spacial score (nSPS) is 10.8. The molecule has 3 aromatic rings. The van der Waals surface area contributed by atoms with Gasteiger partial charge in [0.15, 0.2) is 0 Å². The van der Waals surface area contributed by atoms with Crippen LogP contribution in [0.25, 0.3) is 0 Å². The summed E-state index contributed by atoms with van der Waals surface area (Å²) >= 11 is 0. The van der Waals surface area contributed by atoms with E-state index in [2.05, 4.69) is 91.0 Å². The van der Waals surface area contributed by atoms with Crippen molar-refractivity contribution in [2.45, 2.75) is 18.5 Å². The molecule has 110 valence electrons. The van der Waals surface area contributed by atoms with E-state index in [0.717, 1.165) is 0 Å². The van der Waals surface area contributed by atoms with Crippen molar-refractivity contribution in [1.82, 2.24) is 0 Å². The summed E-state index contributed by atoms with van der Waals surface area (Å²) in [7, 11) is -0.0895. The van der Waals surface area contributed by atoms with Crippen LogP contribution in [0, 0.1) is 0 Å². The minimum absolute atomic E-state index is 0.0895. The molecule has 0 heterocycles. The van der Waals surface area contributed by atoms with Gasteiger partial charge >= 0.3 is 0 Å². The topological polar surface area (TPSA) is 0 Å². The lowest BCUT2D eigenvalue weighted by atomic mass is 10.2. The smallest absolute Gasteiger partial charge is 0.00671 e. The van der Waals surface area contributed by atoms with Crippen LogP contribution in [0.2, 0.25) is 0 Å². The van der Waals surface area contributed by atoms with E-state index in [9.17, 15) is 0 Å². The Morgan fingerprint density at radius 3 is 0.955 bits per heavy atom. The van der Waals surface area contributed by atoms with Crippen LogP contribution in [0.5, 0.6) is 0 Å². The fourth-order valence-corrected chi connectivity index (χ4v) is 5.21. The van der Waals surface area contributed by atoms with Crippen LogP contribution in [0.3, 0.4) is 0 Å². The van der Waals surface area contributed by atoms with Gasteiger partial charge < -0.3 is 0 Å². The summed E-state index contributed by atoms with van der Waals surface area (Å²) in [6.45, 7) is 0.